The molecule has 0 aliphatic rings. The fraction of sp³-hybridized carbons (Fsp3) is 0.636. The van der Waals surface area contributed by atoms with Crippen molar-refractivity contribution in [1.29, 1.82) is 0 Å². The molecule has 0 bridgehead atoms. The lowest BCUT2D eigenvalue weighted by Gasteiger charge is -1.87. The van der Waals surface area contributed by atoms with Crippen LogP contribution in [-0.4, -0.2) is 30.0 Å². The second kappa shape index (κ2) is 6.12. The molecule has 0 spiro atoms. The third-order valence-corrected chi connectivity index (χ3v) is 2.68. The third-order valence-electron chi connectivity index (χ3n) is 2.68. The summed E-state index contributed by atoms with van der Waals surface area (Å²) in [5.74, 6) is 0. The fourth-order valence-corrected chi connectivity index (χ4v) is 1.02. The third kappa shape index (κ3) is 3.65. The average molecular weight is 238 g/mol. The highest BCUT2D eigenvalue weighted by Gasteiger charge is 1.96. The average Bonchev–Trinajstić information content (AvgIpc) is 2.70. The second-order valence-electron chi connectivity index (χ2n) is 3.77. The topological polar surface area (TPSA) is 61.4 Å². The summed E-state index contributed by atoms with van der Waals surface area (Å²) in [6, 6.07) is 0. The molecule has 6 heteroatoms. The van der Waals surface area contributed by atoms with Gasteiger partial charge in [-0.25, -0.2) is 0 Å². The molecule has 0 saturated carbocycles. The maximum absolute atomic E-state index is 3.83. The van der Waals surface area contributed by atoms with E-state index in [1.165, 1.54) is 0 Å². The highest BCUT2D eigenvalue weighted by atomic mass is 15.4. The fourth-order valence-electron chi connectivity index (χ4n) is 1.02. The first-order chi connectivity index (χ1) is 7.43. The highest BCUT2D eigenvalue weighted by molar-refractivity contribution is 5.03. The van der Waals surface area contributed by atoms with Gasteiger partial charge in [-0.15, -0.1) is 10.2 Å². The van der Waals surface area contributed by atoms with E-state index in [0.29, 0.717) is 0 Å². The minimum atomic E-state index is 0. The number of hydrogen-bond acceptors (Lipinski definition) is 4. The lowest BCUT2D eigenvalue weighted by atomic mass is 10.4. The van der Waals surface area contributed by atoms with Crippen LogP contribution in [0.1, 0.15) is 30.2 Å². The van der Waals surface area contributed by atoms with E-state index in [2.05, 4.69) is 20.6 Å². The Labute approximate surface area is 103 Å². The molecule has 2 aromatic heterocycles. The van der Waals surface area contributed by atoms with Crippen molar-refractivity contribution in [3.8, 4) is 0 Å². The van der Waals surface area contributed by atoms with Crippen LogP contribution in [0.5, 0.6) is 0 Å². The van der Waals surface area contributed by atoms with Crippen LogP contribution in [0.2, 0.25) is 0 Å². The Hall–Kier alpha value is -1.72. The van der Waals surface area contributed by atoms with Gasteiger partial charge in [0.25, 0.3) is 0 Å². The summed E-state index contributed by atoms with van der Waals surface area (Å²) < 4.78 is 3.52. The van der Waals surface area contributed by atoms with Crippen molar-refractivity contribution in [2.24, 2.45) is 14.1 Å². The first-order valence-electron chi connectivity index (χ1n) is 5.09. The van der Waals surface area contributed by atoms with Crippen molar-refractivity contribution in [2.75, 3.05) is 0 Å². The number of nitrogens with zero attached hydrogens (tertiary/aromatic N) is 6. The maximum atomic E-state index is 3.83. The smallest absolute Gasteiger partial charge is 0.0825 e. The van der Waals surface area contributed by atoms with Crippen LogP contribution in [0.15, 0.2) is 0 Å². The summed E-state index contributed by atoms with van der Waals surface area (Å²) in [4.78, 5) is 0. The Bertz CT molecular complexity index is 385. The van der Waals surface area contributed by atoms with Gasteiger partial charge in [0.1, 0.15) is 0 Å². The summed E-state index contributed by atoms with van der Waals surface area (Å²) in [6.07, 6.45) is 0. The molecular weight excluding hydrogens is 216 g/mol. The van der Waals surface area contributed by atoms with Crippen molar-refractivity contribution in [2.45, 2.75) is 35.1 Å². The van der Waals surface area contributed by atoms with Gasteiger partial charge in [-0.05, 0) is 27.7 Å². The summed E-state index contributed by atoms with van der Waals surface area (Å²) in [6.45, 7) is 7.88. The quantitative estimate of drug-likeness (QED) is 0.698. The van der Waals surface area contributed by atoms with Crippen LogP contribution < -0.4 is 0 Å². The van der Waals surface area contributed by atoms with Crippen LogP contribution in [0.25, 0.3) is 0 Å². The zero-order valence-corrected chi connectivity index (χ0v) is 10.7. The minimum absolute atomic E-state index is 0. The lowest BCUT2D eigenvalue weighted by molar-refractivity contribution is 0.696. The van der Waals surface area contributed by atoms with Crippen LogP contribution in [0.3, 0.4) is 0 Å². The molecule has 0 amide bonds. The molecule has 0 radical (unpaired) electrons. The van der Waals surface area contributed by atoms with E-state index in [4.69, 9.17) is 0 Å². The normalized spacial score (nSPS) is 9.29. The van der Waals surface area contributed by atoms with E-state index >= 15 is 0 Å². The molecule has 2 rings (SSSR count). The van der Waals surface area contributed by atoms with E-state index < -0.39 is 0 Å². The molecule has 0 N–H and O–H groups in total. The molecule has 0 aliphatic carbocycles. The molecule has 6 nitrogen and oxygen atoms in total. The number of aryl methyl sites for hydroxylation is 4. The number of hydrogen-bond donors (Lipinski definition) is 0. The standard InChI is InChI=1S/2C5H9N3.CH4/c2*1-4-5(2)8(3)7-6-4;/h2*1-3H3;1H4. The van der Waals surface area contributed by atoms with Gasteiger partial charge in [0.05, 0.1) is 22.8 Å². The minimum Gasteiger partial charge on any atom is -0.252 e. The molecule has 0 fully saturated rings. The molecule has 0 unspecified atom stereocenters. The van der Waals surface area contributed by atoms with Gasteiger partial charge in [0.2, 0.25) is 0 Å². The van der Waals surface area contributed by atoms with Crippen molar-refractivity contribution < 1.29 is 0 Å². The van der Waals surface area contributed by atoms with Crippen molar-refractivity contribution in [1.82, 2.24) is 30.0 Å². The van der Waals surface area contributed by atoms with Gasteiger partial charge in [-0.1, -0.05) is 17.9 Å². The molecule has 2 aromatic rings. The predicted molar refractivity (Wildman–Crippen MR) is 67.7 cm³/mol. The van der Waals surface area contributed by atoms with Crippen molar-refractivity contribution >= 4 is 0 Å². The van der Waals surface area contributed by atoms with Gasteiger partial charge in [0, 0.05) is 14.1 Å². The molecule has 2 heterocycles. The molecule has 0 atom stereocenters. The summed E-state index contributed by atoms with van der Waals surface area (Å²) in [5.41, 5.74) is 4.27. The summed E-state index contributed by atoms with van der Waals surface area (Å²) >= 11 is 0. The zero-order chi connectivity index (χ0) is 12.3. The SMILES string of the molecule is C.Cc1nnn(C)c1C.Cc1nnn(C)c1C. The molecular formula is C11H22N6. The Morgan fingerprint density at radius 1 is 0.706 bits per heavy atom. The summed E-state index contributed by atoms with van der Waals surface area (Å²) in [5, 5.41) is 15.2. The first kappa shape index (κ1) is 15.3. The van der Waals surface area contributed by atoms with E-state index in [1.807, 2.05) is 41.8 Å². The molecule has 17 heavy (non-hydrogen) atoms. The molecule has 0 aromatic carbocycles. The Kier molecular flexibility index (Phi) is 5.50. The maximum Gasteiger partial charge on any atom is 0.0825 e. The first-order valence-corrected chi connectivity index (χ1v) is 5.09. The monoisotopic (exact) mass is 238 g/mol. The van der Waals surface area contributed by atoms with Crippen LogP contribution in [0, 0.1) is 27.7 Å². The Morgan fingerprint density at radius 2 is 1.00 bits per heavy atom. The van der Waals surface area contributed by atoms with E-state index in [9.17, 15) is 0 Å². The number of aromatic nitrogens is 6. The van der Waals surface area contributed by atoms with E-state index in [-0.39, 0.29) is 7.43 Å². The van der Waals surface area contributed by atoms with Crippen molar-refractivity contribution in [3.63, 3.8) is 0 Å². The van der Waals surface area contributed by atoms with E-state index in [1.54, 1.807) is 9.36 Å². The second-order valence-corrected chi connectivity index (χ2v) is 3.77. The van der Waals surface area contributed by atoms with Crippen LogP contribution >= 0.6 is 0 Å². The zero-order valence-electron chi connectivity index (χ0n) is 10.7. The Balaban J connectivity index is 0.000000284. The van der Waals surface area contributed by atoms with Gasteiger partial charge in [-0.3, -0.25) is 9.36 Å². The van der Waals surface area contributed by atoms with Gasteiger partial charge in [0.15, 0.2) is 0 Å². The predicted octanol–water partition coefficient (Wildman–Crippen LogP) is 1.50. The highest BCUT2D eigenvalue weighted by Crippen LogP contribution is 1.97. The lowest BCUT2D eigenvalue weighted by Crippen LogP contribution is -1.92. The summed E-state index contributed by atoms with van der Waals surface area (Å²) in [7, 11) is 3.77. The molecule has 0 saturated heterocycles. The van der Waals surface area contributed by atoms with Gasteiger partial charge >= 0.3 is 0 Å². The molecule has 0 aliphatic heterocycles. The van der Waals surface area contributed by atoms with E-state index in [0.717, 1.165) is 22.8 Å². The van der Waals surface area contributed by atoms with Crippen LogP contribution in [0.4, 0.5) is 0 Å². The Morgan fingerprint density at radius 3 is 1.06 bits per heavy atom. The molecule has 96 valence electrons. The largest absolute Gasteiger partial charge is 0.252 e. The van der Waals surface area contributed by atoms with Gasteiger partial charge < -0.3 is 0 Å². The van der Waals surface area contributed by atoms with Crippen LogP contribution in [-0.2, 0) is 14.1 Å². The van der Waals surface area contributed by atoms with Crippen molar-refractivity contribution in [3.05, 3.63) is 22.8 Å². The van der Waals surface area contributed by atoms with Gasteiger partial charge in [-0.2, -0.15) is 0 Å². The number of rotatable bonds is 0.